The molecular weight excluding hydrogens is 743 g/mol. The Morgan fingerprint density at radius 1 is 0.544 bits per heavy atom. The number of allylic oxidation sites excluding steroid dienone is 16. The van der Waals surface area contributed by atoms with E-state index in [4.69, 9.17) is 19.1 Å². The van der Waals surface area contributed by atoms with Crippen LogP contribution in [-0.2, 0) is 32.7 Å². The number of esters is 2. The third-order valence-corrected chi connectivity index (χ3v) is 9.17. The van der Waals surface area contributed by atoms with Gasteiger partial charge in [-0.3, -0.25) is 18.6 Å². The van der Waals surface area contributed by atoms with Crippen LogP contribution in [0.5, 0.6) is 0 Å². The predicted octanol–water partition coefficient (Wildman–Crippen LogP) is 11.2. The highest BCUT2D eigenvalue weighted by atomic mass is 31.2. The van der Waals surface area contributed by atoms with Crippen molar-refractivity contribution in [1.82, 2.24) is 0 Å². The molecule has 10 nitrogen and oxygen atoms in total. The molecule has 0 saturated carbocycles. The molecule has 3 N–H and O–H groups in total. The molecule has 0 radical (unpaired) electrons. The summed E-state index contributed by atoms with van der Waals surface area (Å²) in [5.41, 5.74) is 0. The topological polar surface area (TPSA) is 149 Å². The molecule has 0 heterocycles. The maximum absolute atomic E-state index is 12.6. The summed E-state index contributed by atoms with van der Waals surface area (Å²) in [5, 5.41) is 18.3. The van der Waals surface area contributed by atoms with Gasteiger partial charge in [-0.2, -0.15) is 0 Å². The van der Waals surface area contributed by atoms with E-state index in [-0.39, 0.29) is 19.4 Å². The molecule has 0 amide bonds. The van der Waals surface area contributed by atoms with E-state index in [2.05, 4.69) is 116 Å². The zero-order valence-electron chi connectivity index (χ0n) is 35.0. The molecule has 11 heteroatoms. The molecule has 0 aromatic heterocycles. The molecule has 0 aromatic rings. The quantitative estimate of drug-likeness (QED) is 0.0238. The van der Waals surface area contributed by atoms with Gasteiger partial charge in [0.25, 0.3) is 0 Å². The van der Waals surface area contributed by atoms with Crippen molar-refractivity contribution in [3.8, 4) is 0 Å². The van der Waals surface area contributed by atoms with Crippen LogP contribution < -0.4 is 0 Å². The van der Waals surface area contributed by atoms with E-state index in [1.807, 2.05) is 0 Å². The zero-order chi connectivity index (χ0) is 41.9. The van der Waals surface area contributed by atoms with Gasteiger partial charge in [0.05, 0.1) is 19.8 Å². The second-order valence-corrected chi connectivity index (χ2v) is 15.1. The number of hydrogen-bond donors (Lipinski definition) is 3. The van der Waals surface area contributed by atoms with Crippen LogP contribution in [0.15, 0.2) is 97.2 Å². The number of carbonyl (C=O) groups is 2. The lowest BCUT2D eigenvalue weighted by Crippen LogP contribution is -2.29. The third kappa shape index (κ3) is 40.9. The minimum Gasteiger partial charge on any atom is -0.462 e. The van der Waals surface area contributed by atoms with Crippen LogP contribution >= 0.6 is 7.82 Å². The normalized spacial score (nSPS) is 14.8. The molecule has 0 aromatic carbocycles. The molecule has 0 fully saturated rings. The molecule has 3 atom stereocenters. The first kappa shape index (κ1) is 53.9. The average molecular weight is 819 g/mol. The van der Waals surface area contributed by atoms with Crippen LogP contribution in [0.4, 0.5) is 0 Å². The van der Waals surface area contributed by atoms with Gasteiger partial charge in [-0.1, -0.05) is 130 Å². The van der Waals surface area contributed by atoms with Crippen LogP contribution in [-0.4, -0.2) is 65.7 Å². The molecule has 1 unspecified atom stereocenters. The van der Waals surface area contributed by atoms with Crippen LogP contribution in [0.1, 0.15) is 142 Å². The second-order valence-electron chi connectivity index (χ2n) is 13.6. The number of unbranched alkanes of at least 4 members (excludes halogenated alkanes) is 8. The summed E-state index contributed by atoms with van der Waals surface area (Å²) in [6, 6.07) is 0. The molecule has 57 heavy (non-hydrogen) atoms. The lowest BCUT2D eigenvalue weighted by atomic mass is 10.1. The standard InChI is InChI=1S/C46H75O10P/c1-3-5-7-9-11-13-15-17-19-20-21-22-24-25-27-29-31-33-35-37-45(49)53-41-44(42-55-57(51,52)54-40-43(48)39-47)56-46(50)38-36-34-32-30-28-26-23-18-16-14-12-10-8-6-4-2/h5,7,11-14,17-19,21-23,25,27-28,30,43-44,47-48H,3-4,6,8-10,15-16,20,24,26,29,31-42H2,1-2H3,(H,51,52)/b7-5+,13-11+,14-12+,19-17+,22-21+,23-18+,27-25+,30-28+/t43-,44+/m0/s1. The molecule has 324 valence electrons. The number of carbonyl (C=O) groups excluding carboxylic acids is 2. The van der Waals surface area contributed by atoms with Crippen molar-refractivity contribution in [2.75, 3.05) is 26.4 Å². The van der Waals surface area contributed by atoms with E-state index in [0.29, 0.717) is 12.8 Å². The molecule has 0 spiro atoms. The Hall–Kier alpha value is -3.11. The van der Waals surface area contributed by atoms with Gasteiger partial charge < -0.3 is 24.6 Å². The first-order chi connectivity index (χ1) is 27.7. The van der Waals surface area contributed by atoms with Crippen molar-refractivity contribution >= 4 is 19.8 Å². The number of phosphoric acid groups is 1. The molecule has 0 aliphatic rings. The minimum atomic E-state index is -4.64. The Balaban J connectivity index is 4.46. The first-order valence-electron chi connectivity index (χ1n) is 21.2. The predicted molar refractivity (Wildman–Crippen MR) is 232 cm³/mol. The lowest BCUT2D eigenvalue weighted by Gasteiger charge is -2.20. The van der Waals surface area contributed by atoms with E-state index >= 15 is 0 Å². The largest absolute Gasteiger partial charge is 0.472 e. The van der Waals surface area contributed by atoms with Crippen molar-refractivity contribution < 1.29 is 47.8 Å². The van der Waals surface area contributed by atoms with Crippen LogP contribution in [0.25, 0.3) is 0 Å². The van der Waals surface area contributed by atoms with Gasteiger partial charge in [-0.15, -0.1) is 0 Å². The molecule has 0 aliphatic carbocycles. The van der Waals surface area contributed by atoms with Crippen molar-refractivity contribution in [2.45, 2.75) is 154 Å². The third-order valence-electron chi connectivity index (χ3n) is 8.22. The Bertz CT molecular complexity index is 1260. The van der Waals surface area contributed by atoms with E-state index in [1.54, 1.807) is 0 Å². The van der Waals surface area contributed by atoms with Gasteiger partial charge in [0, 0.05) is 12.8 Å². The summed E-state index contributed by atoms with van der Waals surface area (Å²) in [4.78, 5) is 34.9. The monoisotopic (exact) mass is 819 g/mol. The fraction of sp³-hybridized carbons (Fsp3) is 0.609. The number of hydrogen-bond acceptors (Lipinski definition) is 9. The van der Waals surface area contributed by atoms with Crippen LogP contribution in [0, 0.1) is 0 Å². The number of ether oxygens (including phenoxy) is 2. The molecule has 0 bridgehead atoms. The molecule has 0 aliphatic heterocycles. The summed E-state index contributed by atoms with van der Waals surface area (Å²) in [6.45, 7) is 2.12. The number of rotatable bonds is 38. The van der Waals surface area contributed by atoms with Crippen LogP contribution in [0.2, 0.25) is 0 Å². The second kappa shape index (κ2) is 41.1. The van der Waals surface area contributed by atoms with Crippen molar-refractivity contribution in [2.24, 2.45) is 0 Å². The molecule has 0 saturated heterocycles. The van der Waals surface area contributed by atoms with Gasteiger partial charge in [0.1, 0.15) is 12.7 Å². The number of aliphatic hydroxyl groups excluding tert-OH is 2. The van der Waals surface area contributed by atoms with E-state index in [1.165, 1.54) is 19.3 Å². The highest BCUT2D eigenvalue weighted by Crippen LogP contribution is 2.43. The smallest absolute Gasteiger partial charge is 0.462 e. The maximum atomic E-state index is 12.6. The summed E-state index contributed by atoms with van der Waals surface area (Å²) in [6.07, 6.45) is 49.5. The maximum Gasteiger partial charge on any atom is 0.472 e. The Morgan fingerprint density at radius 3 is 1.46 bits per heavy atom. The van der Waals surface area contributed by atoms with Crippen molar-refractivity contribution in [3.05, 3.63) is 97.2 Å². The Morgan fingerprint density at radius 2 is 0.965 bits per heavy atom. The van der Waals surface area contributed by atoms with Crippen molar-refractivity contribution in [1.29, 1.82) is 0 Å². The molecule has 0 rings (SSSR count). The van der Waals surface area contributed by atoms with Gasteiger partial charge >= 0.3 is 19.8 Å². The Labute approximate surface area is 344 Å². The highest BCUT2D eigenvalue weighted by molar-refractivity contribution is 7.47. The summed E-state index contributed by atoms with van der Waals surface area (Å²) in [5.74, 6) is -1.02. The summed E-state index contributed by atoms with van der Waals surface area (Å²) < 4.78 is 32.6. The number of aliphatic hydroxyl groups is 2. The molecular formula is C46H75O10P. The fourth-order valence-electron chi connectivity index (χ4n) is 4.96. The fourth-order valence-corrected chi connectivity index (χ4v) is 5.75. The van der Waals surface area contributed by atoms with Gasteiger partial charge in [0.15, 0.2) is 6.10 Å². The van der Waals surface area contributed by atoms with Gasteiger partial charge in [-0.25, -0.2) is 4.57 Å². The number of phosphoric ester groups is 1. The zero-order valence-corrected chi connectivity index (χ0v) is 35.9. The summed E-state index contributed by atoms with van der Waals surface area (Å²) >= 11 is 0. The minimum absolute atomic E-state index is 0.122. The van der Waals surface area contributed by atoms with Crippen molar-refractivity contribution in [3.63, 3.8) is 0 Å². The van der Waals surface area contributed by atoms with Gasteiger partial charge in [0.2, 0.25) is 0 Å². The first-order valence-corrected chi connectivity index (χ1v) is 22.7. The van der Waals surface area contributed by atoms with Crippen LogP contribution in [0.3, 0.4) is 0 Å². The highest BCUT2D eigenvalue weighted by Gasteiger charge is 2.27. The van der Waals surface area contributed by atoms with E-state index < -0.39 is 51.8 Å². The van der Waals surface area contributed by atoms with E-state index in [9.17, 15) is 24.2 Å². The Kier molecular flexibility index (Phi) is 38.8. The average Bonchev–Trinajstić information content (AvgIpc) is 3.20. The summed E-state index contributed by atoms with van der Waals surface area (Å²) in [7, 11) is -4.64. The lowest BCUT2D eigenvalue weighted by molar-refractivity contribution is -0.161. The SMILES string of the molecule is CC/C=C/C/C=C/C/C=C/C/C=C/C/C=C/CCCCCC(=O)OC[C@H](COP(=O)(O)OC[C@@H](O)CO)OC(=O)CCCC/C=C/C/C=C/C/C=C/CCCCC. The van der Waals surface area contributed by atoms with E-state index in [0.717, 1.165) is 83.5 Å². The van der Waals surface area contributed by atoms with Gasteiger partial charge in [-0.05, 0) is 96.3 Å².